The van der Waals surface area contributed by atoms with E-state index in [1.165, 1.54) is 11.1 Å². The number of likely N-dealkylation sites (tertiary alicyclic amines) is 1. The summed E-state index contributed by atoms with van der Waals surface area (Å²) >= 11 is 0. The van der Waals surface area contributed by atoms with Crippen LogP contribution in [-0.4, -0.2) is 86.1 Å². The zero-order valence-electron chi connectivity index (χ0n) is 22.5. The molecular formula is C31H42N2O5. The average molecular weight is 523 g/mol. The third kappa shape index (κ3) is 7.14. The number of nitrogens with zero attached hydrogens (tertiary/aromatic N) is 2. The maximum atomic E-state index is 13.4. The quantitative estimate of drug-likeness (QED) is 0.657. The molecule has 5 rings (SSSR count). The van der Waals surface area contributed by atoms with E-state index in [0.717, 1.165) is 82.8 Å². The number of amides is 1. The first-order valence-corrected chi connectivity index (χ1v) is 14.3. The van der Waals surface area contributed by atoms with E-state index in [2.05, 4.69) is 29.2 Å². The minimum Gasteiger partial charge on any atom is -0.491 e. The van der Waals surface area contributed by atoms with Gasteiger partial charge in [-0.15, -0.1) is 0 Å². The molecular weight excluding hydrogens is 480 g/mol. The molecule has 0 unspecified atom stereocenters. The minimum absolute atomic E-state index is 0.0823. The third-order valence-corrected chi connectivity index (χ3v) is 8.23. The molecule has 2 aromatic rings. The first-order valence-electron chi connectivity index (χ1n) is 14.3. The van der Waals surface area contributed by atoms with Crippen LogP contribution in [0.25, 0.3) is 0 Å². The minimum atomic E-state index is 0.0823. The predicted molar refractivity (Wildman–Crippen MR) is 147 cm³/mol. The standard InChI is InChI=1S/C31H42N2O5/c34-14-8-24-6-11-32(12-7-24)31(35)27-4-5-30-28(22-27)21-25-2-1-3-26(20-25)23-33(13-17-37-18-19-38-30)29-9-15-36-16-10-29/h1-5,20,22,24,29,34H,6-19,21,23H2. The van der Waals surface area contributed by atoms with E-state index in [1.807, 2.05) is 23.1 Å². The number of ether oxygens (including phenoxy) is 3. The number of piperidine rings is 1. The predicted octanol–water partition coefficient (Wildman–Crippen LogP) is 3.90. The van der Waals surface area contributed by atoms with Gasteiger partial charge in [0, 0.05) is 64.0 Å². The van der Waals surface area contributed by atoms with E-state index in [1.54, 1.807) is 0 Å². The van der Waals surface area contributed by atoms with Crippen molar-refractivity contribution >= 4 is 5.91 Å². The second-order valence-corrected chi connectivity index (χ2v) is 10.8. The Bertz CT molecular complexity index is 1050. The molecule has 0 radical (unpaired) electrons. The Morgan fingerprint density at radius 2 is 1.66 bits per heavy atom. The van der Waals surface area contributed by atoms with Crippen LogP contribution >= 0.6 is 0 Å². The van der Waals surface area contributed by atoms with Gasteiger partial charge in [-0.2, -0.15) is 0 Å². The number of benzene rings is 2. The number of aliphatic hydroxyl groups is 1. The summed E-state index contributed by atoms with van der Waals surface area (Å²) in [7, 11) is 0. The molecule has 3 aliphatic rings. The third-order valence-electron chi connectivity index (χ3n) is 8.23. The molecule has 3 heterocycles. The maximum Gasteiger partial charge on any atom is 0.253 e. The second-order valence-electron chi connectivity index (χ2n) is 10.8. The summed E-state index contributed by atoms with van der Waals surface area (Å²) in [5, 5.41) is 9.24. The lowest BCUT2D eigenvalue weighted by Gasteiger charge is -2.34. The molecule has 0 atom stereocenters. The molecule has 0 aliphatic carbocycles. The lowest BCUT2D eigenvalue weighted by Crippen LogP contribution is -2.41. The van der Waals surface area contributed by atoms with Gasteiger partial charge >= 0.3 is 0 Å². The molecule has 3 aliphatic heterocycles. The molecule has 206 valence electrons. The number of carbonyl (C=O) groups is 1. The van der Waals surface area contributed by atoms with Gasteiger partial charge in [0.2, 0.25) is 0 Å². The van der Waals surface area contributed by atoms with Gasteiger partial charge in [0.25, 0.3) is 5.91 Å². The highest BCUT2D eigenvalue weighted by Crippen LogP contribution is 2.27. The maximum absolute atomic E-state index is 13.4. The number of hydrogen-bond acceptors (Lipinski definition) is 6. The molecule has 0 spiro atoms. The first kappa shape index (κ1) is 27.1. The smallest absolute Gasteiger partial charge is 0.253 e. The molecule has 1 amide bonds. The summed E-state index contributed by atoms with van der Waals surface area (Å²) in [6, 6.07) is 15.2. The highest BCUT2D eigenvalue weighted by molar-refractivity contribution is 5.94. The first-order chi connectivity index (χ1) is 18.7. The summed E-state index contributed by atoms with van der Waals surface area (Å²) in [5.41, 5.74) is 4.27. The fourth-order valence-corrected chi connectivity index (χ4v) is 6.01. The lowest BCUT2D eigenvalue weighted by molar-refractivity contribution is 0.0133. The van der Waals surface area contributed by atoms with Gasteiger partial charge in [0.15, 0.2) is 0 Å². The van der Waals surface area contributed by atoms with Gasteiger partial charge in [-0.05, 0) is 72.9 Å². The Kier molecular flexibility index (Phi) is 9.68. The summed E-state index contributed by atoms with van der Waals surface area (Å²) in [6.45, 7) is 6.87. The zero-order valence-corrected chi connectivity index (χ0v) is 22.5. The van der Waals surface area contributed by atoms with Crippen LogP contribution in [0.4, 0.5) is 0 Å². The molecule has 0 aromatic heterocycles. The number of hydrogen-bond donors (Lipinski definition) is 1. The van der Waals surface area contributed by atoms with Crippen molar-refractivity contribution in [2.45, 2.75) is 51.1 Å². The molecule has 7 nitrogen and oxygen atoms in total. The summed E-state index contributed by atoms with van der Waals surface area (Å²) < 4.78 is 17.7. The Morgan fingerprint density at radius 3 is 2.47 bits per heavy atom. The molecule has 7 heteroatoms. The highest BCUT2D eigenvalue weighted by Gasteiger charge is 2.25. The summed E-state index contributed by atoms with van der Waals surface area (Å²) in [4.78, 5) is 17.9. The van der Waals surface area contributed by atoms with Crippen LogP contribution in [0.15, 0.2) is 42.5 Å². The molecule has 2 fully saturated rings. The number of rotatable bonds is 4. The van der Waals surface area contributed by atoms with Crippen LogP contribution in [0.3, 0.4) is 0 Å². The van der Waals surface area contributed by atoms with E-state index in [9.17, 15) is 9.90 Å². The monoisotopic (exact) mass is 522 g/mol. The van der Waals surface area contributed by atoms with Gasteiger partial charge in [-0.3, -0.25) is 9.69 Å². The van der Waals surface area contributed by atoms with E-state index in [0.29, 0.717) is 43.8 Å². The molecule has 2 aromatic carbocycles. The SMILES string of the molecule is O=C(c1ccc2c(c1)Cc1cccc(c1)CN(C1CCOCC1)CCOCCO2)N1CCC(CCO)CC1. The van der Waals surface area contributed by atoms with Gasteiger partial charge in [0.1, 0.15) is 12.4 Å². The van der Waals surface area contributed by atoms with Crippen molar-refractivity contribution in [2.24, 2.45) is 5.92 Å². The topological polar surface area (TPSA) is 71.5 Å². The van der Waals surface area contributed by atoms with Gasteiger partial charge < -0.3 is 24.2 Å². The Morgan fingerprint density at radius 1 is 0.868 bits per heavy atom. The van der Waals surface area contributed by atoms with Crippen LogP contribution in [0.5, 0.6) is 5.75 Å². The largest absolute Gasteiger partial charge is 0.491 e. The van der Waals surface area contributed by atoms with Crippen molar-refractivity contribution in [3.63, 3.8) is 0 Å². The highest BCUT2D eigenvalue weighted by atomic mass is 16.5. The Labute approximate surface area is 226 Å². The normalized spacial score (nSPS) is 20.8. The van der Waals surface area contributed by atoms with Crippen LogP contribution in [0, 0.1) is 5.92 Å². The number of aliphatic hydroxyl groups excluding tert-OH is 1. The van der Waals surface area contributed by atoms with E-state index in [-0.39, 0.29) is 12.5 Å². The van der Waals surface area contributed by atoms with Crippen LogP contribution in [0.2, 0.25) is 0 Å². The van der Waals surface area contributed by atoms with Crippen molar-refractivity contribution in [1.29, 1.82) is 0 Å². The fourth-order valence-electron chi connectivity index (χ4n) is 6.01. The van der Waals surface area contributed by atoms with E-state index in [4.69, 9.17) is 14.2 Å². The molecule has 1 N–H and O–H groups in total. The van der Waals surface area contributed by atoms with Crippen LogP contribution in [-0.2, 0) is 22.4 Å². The van der Waals surface area contributed by atoms with Crippen molar-refractivity contribution in [1.82, 2.24) is 9.80 Å². The van der Waals surface area contributed by atoms with Gasteiger partial charge in [0.05, 0.1) is 13.2 Å². The van der Waals surface area contributed by atoms with Crippen molar-refractivity contribution in [3.05, 3.63) is 64.7 Å². The van der Waals surface area contributed by atoms with Gasteiger partial charge in [-0.1, -0.05) is 24.3 Å². The Balaban J connectivity index is 1.34. The summed E-state index contributed by atoms with van der Waals surface area (Å²) in [5.74, 6) is 1.41. The van der Waals surface area contributed by atoms with Crippen molar-refractivity contribution in [2.75, 3.05) is 59.3 Å². The molecule has 2 bridgehead atoms. The van der Waals surface area contributed by atoms with Crippen LogP contribution < -0.4 is 4.74 Å². The molecule has 2 saturated heterocycles. The van der Waals surface area contributed by atoms with Gasteiger partial charge in [-0.25, -0.2) is 0 Å². The van der Waals surface area contributed by atoms with E-state index < -0.39 is 0 Å². The summed E-state index contributed by atoms with van der Waals surface area (Å²) in [6.07, 6.45) is 5.57. The number of fused-ring (bicyclic) bond motifs is 3. The van der Waals surface area contributed by atoms with Crippen LogP contribution in [0.1, 0.15) is 59.2 Å². The van der Waals surface area contributed by atoms with E-state index >= 15 is 0 Å². The lowest BCUT2D eigenvalue weighted by atomic mass is 9.93. The number of carbonyl (C=O) groups excluding carboxylic acids is 1. The van der Waals surface area contributed by atoms with Crippen molar-refractivity contribution < 1.29 is 24.1 Å². The second kappa shape index (κ2) is 13.6. The Hall–Kier alpha value is -2.45. The van der Waals surface area contributed by atoms with Crippen molar-refractivity contribution in [3.8, 4) is 5.75 Å². The molecule has 38 heavy (non-hydrogen) atoms. The average Bonchev–Trinajstić information content (AvgIpc) is 2.95. The zero-order chi connectivity index (χ0) is 26.2. The fraction of sp³-hybridized carbons (Fsp3) is 0.581. The molecule has 0 saturated carbocycles.